The molecular formula is C54H48N2O4. The first-order valence-electron chi connectivity index (χ1n) is 20.1. The van der Waals surface area contributed by atoms with Crippen molar-refractivity contribution in [2.24, 2.45) is 0 Å². The number of rotatable bonds is 13. The van der Waals surface area contributed by atoms with Crippen LogP contribution in [0.4, 0.5) is 34.1 Å². The molecule has 0 heterocycles. The molecule has 2 N–H and O–H groups in total. The number of benzene rings is 8. The number of hydrogen-bond donors (Lipinski definition) is 2. The molecule has 8 aromatic carbocycles. The van der Waals surface area contributed by atoms with Gasteiger partial charge in [0.15, 0.2) is 0 Å². The van der Waals surface area contributed by atoms with E-state index in [2.05, 4.69) is 169 Å². The number of nitrogens with zero attached hydrogens (tertiary/aromatic N) is 2. The molecule has 0 amide bonds. The molecule has 0 fully saturated rings. The minimum atomic E-state index is -0.00585. The SMILES string of the molecule is COc1ccc(-c2ccc(N(c3ccc(CO)cc3)c3ccc(-c4ccc(N(c5ccc(CO)cc5)c5ccc(-c6ccc(OC)c(C)c6)cc5)cc4)cc3)cc2)cc1C. The molecule has 0 saturated heterocycles. The highest BCUT2D eigenvalue weighted by Gasteiger charge is 2.16. The highest BCUT2D eigenvalue weighted by molar-refractivity contribution is 5.82. The third-order valence-electron chi connectivity index (χ3n) is 11.0. The van der Waals surface area contributed by atoms with Gasteiger partial charge in [0.25, 0.3) is 0 Å². The van der Waals surface area contributed by atoms with Crippen LogP contribution in [0.3, 0.4) is 0 Å². The van der Waals surface area contributed by atoms with Gasteiger partial charge in [-0.3, -0.25) is 0 Å². The molecule has 8 aromatic rings. The quantitative estimate of drug-likeness (QED) is 0.121. The van der Waals surface area contributed by atoms with Gasteiger partial charge in [-0.05, 0) is 167 Å². The number of hydrogen-bond acceptors (Lipinski definition) is 6. The summed E-state index contributed by atoms with van der Waals surface area (Å²) in [6.07, 6.45) is 0. The zero-order valence-electron chi connectivity index (χ0n) is 34.3. The number of anilines is 6. The summed E-state index contributed by atoms with van der Waals surface area (Å²) in [5.41, 5.74) is 16.7. The van der Waals surface area contributed by atoms with Crippen LogP contribution in [-0.2, 0) is 13.2 Å². The third-order valence-corrected chi connectivity index (χ3v) is 11.0. The predicted molar refractivity (Wildman–Crippen MR) is 247 cm³/mol. The minimum absolute atomic E-state index is 0.00585. The molecule has 0 aliphatic rings. The monoisotopic (exact) mass is 788 g/mol. The van der Waals surface area contributed by atoms with Crippen molar-refractivity contribution in [1.29, 1.82) is 0 Å². The van der Waals surface area contributed by atoms with Gasteiger partial charge >= 0.3 is 0 Å². The van der Waals surface area contributed by atoms with Gasteiger partial charge in [-0.1, -0.05) is 84.9 Å². The molecule has 60 heavy (non-hydrogen) atoms. The Morgan fingerprint density at radius 1 is 0.333 bits per heavy atom. The molecule has 0 unspecified atom stereocenters. The van der Waals surface area contributed by atoms with Crippen LogP contribution in [0, 0.1) is 13.8 Å². The van der Waals surface area contributed by atoms with E-state index in [4.69, 9.17) is 9.47 Å². The average molecular weight is 789 g/mol. The second kappa shape index (κ2) is 17.8. The summed E-state index contributed by atoms with van der Waals surface area (Å²) in [5.74, 6) is 1.75. The Labute approximate surface area is 352 Å². The summed E-state index contributed by atoms with van der Waals surface area (Å²) in [5, 5.41) is 19.5. The maximum Gasteiger partial charge on any atom is 0.121 e. The normalized spacial score (nSPS) is 11.0. The lowest BCUT2D eigenvalue weighted by Gasteiger charge is -2.26. The summed E-state index contributed by atoms with van der Waals surface area (Å²) < 4.78 is 11.0. The number of aliphatic hydroxyl groups is 2. The summed E-state index contributed by atoms with van der Waals surface area (Å²) >= 11 is 0. The molecule has 0 spiro atoms. The van der Waals surface area contributed by atoms with E-state index in [1.165, 1.54) is 0 Å². The molecule has 0 aromatic heterocycles. The van der Waals surface area contributed by atoms with E-state index < -0.39 is 0 Å². The highest BCUT2D eigenvalue weighted by atomic mass is 16.5. The first kappa shape index (κ1) is 39.7. The Kier molecular flexibility index (Phi) is 11.8. The van der Waals surface area contributed by atoms with Crippen molar-refractivity contribution >= 4 is 34.1 Å². The van der Waals surface area contributed by atoms with Crippen LogP contribution in [-0.4, -0.2) is 24.4 Å². The first-order chi connectivity index (χ1) is 29.3. The van der Waals surface area contributed by atoms with Crippen molar-refractivity contribution in [3.63, 3.8) is 0 Å². The molecule has 6 heteroatoms. The maximum absolute atomic E-state index is 9.75. The van der Waals surface area contributed by atoms with E-state index in [1.807, 2.05) is 36.4 Å². The lowest BCUT2D eigenvalue weighted by Crippen LogP contribution is -2.10. The predicted octanol–water partition coefficient (Wildman–Crippen LogP) is 13.2. The Hall–Kier alpha value is -7.12. The topological polar surface area (TPSA) is 65.4 Å². The van der Waals surface area contributed by atoms with Gasteiger partial charge in [0, 0.05) is 34.1 Å². The Balaban J connectivity index is 1.08. The van der Waals surface area contributed by atoms with Gasteiger partial charge in [0.05, 0.1) is 27.4 Å². The highest BCUT2D eigenvalue weighted by Crippen LogP contribution is 2.40. The van der Waals surface area contributed by atoms with Crippen molar-refractivity contribution in [3.8, 4) is 44.9 Å². The Bertz CT molecular complexity index is 2480. The molecule has 8 rings (SSSR count). The van der Waals surface area contributed by atoms with Crippen LogP contribution in [0.25, 0.3) is 33.4 Å². The Morgan fingerprint density at radius 2 is 0.567 bits per heavy atom. The van der Waals surface area contributed by atoms with Gasteiger partial charge in [-0.15, -0.1) is 0 Å². The minimum Gasteiger partial charge on any atom is -0.496 e. The molecular weight excluding hydrogens is 741 g/mol. The third kappa shape index (κ3) is 8.38. The molecule has 0 bridgehead atoms. The summed E-state index contributed by atoms with van der Waals surface area (Å²) in [7, 11) is 3.39. The number of ether oxygens (including phenoxy) is 2. The van der Waals surface area contributed by atoms with Crippen LogP contribution in [0.5, 0.6) is 11.5 Å². The van der Waals surface area contributed by atoms with Crippen molar-refractivity contribution in [1.82, 2.24) is 0 Å². The fraction of sp³-hybridized carbons (Fsp3) is 0.111. The van der Waals surface area contributed by atoms with Crippen molar-refractivity contribution in [2.75, 3.05) is 24.0 Å². The van der Waals surface area contributed by atoms with E-state index in [0.29, 0.717) is 0 Å². The second-order valence-electron chi connectivity index (χ2n) is 14.9. The molecule has 0 saturated carbocycles. The van der Waals surface area contributed by atoms with Crippen molar-refractivity contribution in [3.05, 3.63) is 204 Å². The molecule has 0 radical (unpaired) electrons. The van der Waals surface area contributed by atoms with Gasteiger partial charge in [-0.25, -0.2) is 0 Å². The second-order valence-corrected chi connectivity index (χ2v) is 14.9. The van der Waals surface area contributed by atoms with E-state index in [9.17, 15) is 10.2 Å². The summed E-state index contributed by atoms with van der Waals surface area (Å²) in [6, 6.07) is 63.1. The van der Waals surface area contributed by atoms with E-state index in [-0.39, 0.29) is 13.2 Å². The summed E-state index contributed by atoms with van der Waals surface area (Å²) in [4.78, 5) is 4.47. The van der Waals surface area contributed by atoms with E-state index in [1.54, 1.807) is 14.2 Å². The van der Waals surface area contributed by atoms with Crippen LogP contribution in [0.2, 0.25) is 0 Å². The van der Waals surface area contributed by atoms with Crippen LogP contribution < -0.4 is 19.3 Å². The van der Waals surface area contributed by atoms with Gasteiger partial charge in [0.2, 0.25) is 0 Å². The van der Waals surface area contributed by atoms with Gasteiger partial charge in [0.1, 0.15) is 11.5 Å². The lowest BCUT2D eigenvalue weighted by atomic mass is 10.0. The van der Waals surface area contributed by atoms with Gasteiger partial charge in [-0.2, -0.15) is 0 Å². The van der Waals surface area contributed by atoms with Crippen molar-refractivity contribution < 1.29 is 19.7 Å². The van der Waals surface area contributed by atoms with Gasteiger partial charge < -0.3 is 29.5 Å². The average Bonchev–Trinajstić information content (AvgIpc) is 3.30. The molecule has 0 aliphatic carbocycles. The van der Waals surface area contributed by atoms with Crippen LogP contribution in [0.1, 0.15) is 22.3 Å². The van der Waals surface area contributed by atoms with Crippen molar-refractivity contribution in [2.45, 2.75) is 27.1 Å². The van der Waals surface area contributed by atoms with E-state index >= 15 is 0 Å². The number of methoxy groups -OCH3 is 2. The molecule has 0 atom stereocenters. The number of aliphatic hydroxyl groups excluding tert-OH is 2. The lowest BCUT2D eigenvalue weighted by molar-refractivity contribution is 0.281. The maximum atomic E-state index is 9.75. The van der Waals surface area contributed by atoms with E-state index in [0.717, 1.165) is 101 Å². The molecule has 0 aliphatic heterocycles. The molecule has 298 valence electrons. The zero-order chi connectivity index (χ0) is 41.6. The summed E-state index contributed by atoms with van der Waals surface area (Å²) in [6.45, 7) is 4.11. The van der Waals surface area contributed by atoms with Crippen LogP contribution in [0.15, 0.2) is 182 Å². The Morgan fingerprint density at radius 3 is 0.800 bits per heavy atom. The largest absolute Gasteiger partial charge is 0.496 e. The molecule has 6 nitrogen and oxygen atoms in total. The van der Waals surface area contributed by atoms with Crippen LogP contribution >= 0.6 is 0 Å². The zero-order valence-corrected chi connectivity index (χ0v) is 34.3. The standard InChI is InChI=1S/C54H48N2O4/c1-37-33-45(17-31-53(37)59-3)43-13-27-51(28-14-43)55(47-19-5-39(35-57)6-20-47)49-23-9-41(10-24-49)42-11-25-50(26-12-42)56(48-21-7-40(36-58)8-22-48)52-29-15-44(16-30-52)46-18-32-54(60-4)38(2)34-46/h5-34,57-58H,35-36H2,1-4H3. The fourth-order valence-electron chi connectivity index (χ4n) is 7.72. The fourth-order valence-corrected chi connectivity index (χ4v) is 7.72. The number of aryl methyl sites for hydroxylation is 2. The smallest absolute Gasteiger partial charge is 0.121 e. The first-order valence-corrected chi connectivity index (χ1v) is 20.1.